The highest BCUT2D eigenvalue weighted by molar-refractivity contribution is 7.91. The Hall–Kier alpha value is -0.660. The highest BCUT2D eigenvalue weighted by atomic mass is 32.2. The van der Waals surface area contributed by atoms with Crippen LogP contribution in [0.25, 0.3) is 0 Å². The van der Waals surface area contributed by atoms with Crippen molar-refractivity contribution in [1.82, 2.24) is 4.90 Å². The molecule has 100 valence electrons. The van der Waals surface area contributed by atoms with Gasteiger partial charge in [0.2, 0.25) is 5.91 Å². The molecular weight excluding hydrogens is 242 g/mol. The molecule has 7 heteroatoms. The third-order valence-electron chi connectivity index (χ3n) is 3.01. The normalized spacial score (nSPS) is 19.4. The first-order chi connectivity index (χ1) is 7.89. The zero-order chi connectivity index (χ0) is 12.9. The van der Waals surface area contributed by atoms with E-state index in [1.165, 1.54) is 0 Å². The van der Waals surface area contributed by atoms with Crippen LogP contribution in [0.1, 0.15) is 19.3 Å². The van der Waals surface area contributed by atoms with E-state index >= 15 is 0 Å². The minimum atomic E-state index is -3.16. The molecule has 0 atom stereocenters. The molecule has 1 aliphatic heterocycles. The Bertz CT molecular complexity index is 348. The molecule has 6 nitrogen and oxygen atoms in total. The number of carbonyl (C=O) groups excluding carboxylic acids is 1. The fourth-order valence-electron chi connectivity index (χ4n) is 1.80. The molecule has 1 fully saturated rings. The Morgan fingerprint density at radius 3 is 2.35 bits per heavy atom. The van der Waals surface area contributed by atoms with Gasteiger partial charge in [0.25, 0.3) is 0 Å². The molecule has 0 bridgehead atoms. The van der Waals surface area contributed by atoms with Gasteiger partial charge >= 0.3 is 0 Å². The summed E-state index contributed by atoms with van der Waals surface area (Å²) in [5.74, 6) is -0.622. The Labute approximate surface area is 102 Å². The summed E-state index contributed by atoms with van der Waals surface area (Å²) >= 11 is 0. The summed E-state index contributed by atoms with van der Waals surface area (Å²) in [5, 5.41) is 0. The molecule has 1 rings (SSSR count). The minimum Gasteiger partial charge on any atom is -0.370 e. The zero-order valence-electron chi connectivity index (χ0n) is 9.97. The molecule has 0 aromatic heterocycles. The molecular formula is C10H21N3O3S. The standard InChI is InChI=1S/C10H21N3O3S/c11-9-1-4-13(5-2-9)6-8-17(15,16)7-3-10(12)14/h9H,1-8,11H2,(H2,12,14). The molecule has 0 saturated carbocycles. The fraction of sp³-hybridized carbons (Fsp3) is 0.900. The molecule has 0 radical (unpaired) electrons. The maximum Gasteiger partial charge on any atom is 0.218 e. The number of sulfone groups is 1. The van der Waals surface area contributed by atoms with Gasteiger partial charge in [-0.15, -0.1) is 0 Å². The van der Waals surface area contributed by atoms with E-state index < -0.39 is 15.7 Å². The van der Waals surface area contributed by atoms with Gasteiger partial charge in [-0.2, -0.15) is 0 Å². The van der Waals surface area contributed by atoms with Crippen LogP contribution in [0, 0.1) is 0 Å². The van der Waals surface area contributed by atoms with Gasteiger partial charge in [-0.3, -0.25) is 4.79 Å². The van der Waals surface area contributed by atoms with Gasteiger partial charge in [0.1, 0.15) is 0 Å². The Kier molecular flexibility index (Phi) is 5.35. The maximum atomic E-state index is 11.6. The van der Waals surface area contributed by atoms with Crippen LogP contribution in [0.2, 0.25) is 0 Å². The number of hydrogen-bond acceptors (Lipinski definition) is 5. The number of rotatable bonds is 6. The first-order valence-electron chi connectivity index (χ1n) is 5.86. The molecule has 0 aromatic rings. The van der Waals surface area contributed by atoms with Crippen molar-refractivity contribution in [3.8, 4) is 0 Å². The molecule has 0 unspecified atom stereocenters. The van der Waals surface area contributed by atoms with Gasteiger partial charge in [0.15, 0.2) is 9.84 Å². The third-order valence-corrected chi connectivity index (χ3v) is 4.64. The highest BCUT2D eigenvalue weighted by Crippen LogP contribution is 2.08. The average Bonchev–Trinajstić information content (AvgIpc) is 2.26. The second-order valence-corrected chi connectivity index (χ2v) is 6.85. The SMILES string of the molecule is NC(=O)CCS(=O)(=O)CCN1CCC(N)CC1. The van der Waals surface area contributed by atoms with Gasteiger partial charge in [-0.05, 0) is 25.9 Å². The Morgan fingerprint density at radius 2 is 1.82 bits per heavy atom. The predicted molar refractivity (Wildman–Crippen MR) is 66.1 cm³/mol. The molecule has 0 spiro atoms. The van der Waals surface area contributed by atoms with Crippen molar-refractivity contribution >= 4 is 15.7 Å². The highest BCUT2D eigenvalue weighted by Gasteiger charge is 2.19. The van der Waals surface area contributed by atoms with Crippen LogP contribution in [-0.2, 0) is 14.6 Å². The van der Waals surface area contributed by atoms with Crippen LogP contribution in [-0.4, -0.2) is 56.4 Å². The molecule has 1 heterocycles. The van der Waals surface area contributed by atoms with Gasteiger partial charge in [-0.1, -0.05) is 0 Å². The number of amides is 1. The van der Waals surface area contributed by atoms with Crippen LogP contribution in [0.3, 0.4) is 0 Å². The number of carbonyl (C=O) groups is 1. The molecule has 1 saturated heterocycles. The van der Waals surface area contributed by atoms with Crippen molar-refractivity contribution < 1.29 is 13.2 Å². The van der Waals surface area contributed by atoms with Crippen LogP contribution >= 0.6 is 0 Å². The number of piperidine rings is 1. The van der Waals surface area contributed by atoms with Crippen molar-refractivity contribution in [2.75, 3.05) is 31.1 Å². The topological polar surface area (TPSA) is 106 Å². The van der Waals surface area contributed by atoms with E-state index in [2.05, 4.69) is 4.90 Å². The second-order valence-electron chi connectivity index (χ2n) is 4.55. The summed E-state index contributed by atoms with van der Waals surface area (Å²) in [6.07, 6.45) is 1.75. The van der Waals surface area contributed by atoms with Crippen molar-refractivity contribution in [3.05, 3.63) is 0 Å². The van der Waals surface area contributed by atoms with E-state index in [-0.39, 0.29) is 24.0 Å². The zero-order valence-corrected chi connectivity index (χ0v) is 10.8. The van der Waals surface area contributed by atoms with E-state index in [4.69, 9.17) is 11.5 Å². The molecule has 1 amide bonds. The minimum absolute atomic E-state index is 0.0901. The maximum absolute atomic E-state index is 11.6. The molecule has 17 heavy (non-hydrogen) atoms. The van der Waals surface area contributed by atoms with Crippen LogP contribution < -0.4 is 11.5 Å². The summed E-state index contributed by atoms with van der Waals surface area (Å²) in [6.45, 7) is 2.23. The Balaban J connectivity index is 2.27. The van der Waals surface area contributed by atoms with Crippen molar-refractivity contribution in [3.63, 3.8) is 0 Å². The summed E-state index contributed by atoms with van der Waals surface area (Å²) in [5.41, 5.74) is 10.7. The third kappa shape index (κ3) is 5.99. The lowest BCUT2D eigenvalue weighted by Crippen LogP contribution is -2.41. The summed E-state index contributed by atoms with van der Waals surface area (Å²) in [4.78, 5) is 12.6. The molecule has 4 N–H and O–H groups in total. The van der Waals surface area contributed by atoms with E-state index in [9.17, 15) is 13.2 Å². The fourth-order valence-corrected chi connectivity index (χ4v) is 3.06. The summed E-state index contributed by atoms with van der Waals surface area (Å²) < 4.78 is 23.2. The number of primary amides is 1. The first kappa shape index (κ1) is 14.4. The second kappa shape index (κ2) is 6.32. The number of nitrogens with two attached hydrogens (primary N) is 2. The number of nitrogens with zero attached hydrogens (tertiary/aromatic N) is 1. The van der Waals surface area contributed by atoms with Gasteiger partial charge in [-0.25, -0.2) is 8.42 Å². The smallest absolute Gasteiger partial charge is 0.218 e. The largest absolute Gasteiger partial charge is 0.370 e. The lowest BCUT2D eigenvalue weighted by Gasteiger charge is -2.29. The Morgan fingerprint density at radius 1 is 1.24 bits per heavy atom. The lowest BCUT2D eigenvalue weighted by atomic mass is 10.1. The van der Waals surface area contributed by atoms with Gasteiger partial charge in [0.05, 0.1) is 11.5 Å². The van der Waals surface area contributed by atoms with Gasteiger partial charge < -0.3 is 16.4 Å². The van der Waals surface area contributed by atoms with Crippen molar-refractivity contribution in [1.29, 1.82) is 0 Å². The monoisotopic (exact) mass is 263 g/mol. The van der Waals surface area contributed by atoms with E-state index in [0.29, 0.717) is 6.54 Å². The summed E-state index contributed by atoms with van der Waals surface area (Å²) in [6, 6.07) is 0.248. The number of hydrogen-bond donors (Lipinski definition) is 2. The van der Waals surface area contributed by atoms with E-state index in [0.717, 1.165) is 25.9 Å². The van der Waals surface area contributed by atoms with Crippen molar-refractivity contribution in [2.24, 2.45) is 11.5 Å². The molecule has 1 aliphatic rings. The van der Waals surface area contributed by atoms with Crippen LogP contribution in [0.5, 0.6) is 0 Å². The van der Waals surface area contributed by atoms with Crippen LogP contribution in [0.4, 0.5) is 0 Å². The van der Waals surface area contributed by atoms with Gasteiger partial charge in [0, 0.05) is 19.0 Å². The molecule has 0 aromatic carbocycles. The van der Waals surface area contributed by atoms with E-state index in [1.54, 1.807) is 0 Å². The average molecular weight is 263 g/mol. The van der Waals surface area contributed by atoms with Crippen molar-refractivity contribution in [2.45, 2.75) is 25.3 Å². The summed E-state index contributed by atoms with van der Waals surface area (Å²) in [7, 11) is -3.16. The quantitative estimate of drug-likeness (QED) is 0.619. The predicted octanol–water partition coefficient (Wildman–Crippen LogP) is -1.30. The lowest BCUT2D eigenvalue weighted by molar-refractivity contribution is -0.117. The van der Waals surface area contributed by atoms with Crippen LogP contribution in [0.15, 0.2) is 0 Å². The number of likely N-dealkylation sites (tertiary alicyclic amines) is 1. The first-order valence-corrected chi connectivity index (χ1v) is 7.68. The van der Waals surface area contributed by atoms with E-state index in [1.807, 2.05) is 0 Å². The molecule has 0 aliphatic carbocycles.